The van der Waals surface area contributed by atoms with E-state index in [2.05, 4.69) is 0 Å². The lowest BCUT2D eigenvalue weighted by atomic mass is 10.4. The van der Waals surface area contributed by atoms with Crippen molar-refractivity contribution in [2.24, 2.45) is 0 Å². The Morgan fingerprint density at radius 1 is 1.13 bits per heavy atom. The standard InChI is InChI=1S/C8H18ClNO4S/c1-13-6-3-4-10(5-7-14-2)15(11,12)8-9/h3-8H2,1-2H3. The first-order valence-electron chi connectivity index (χ1n) is 4.60. The highest BCUT2D eigenvalue weighted by Gasteiger charge is 2.19. The maximum absolute atomic E-state index is 11.5. The molecule has 0 aromatic heterocycles. The molecule has 0 aliphatic carbocycles. The first-order chi connectivity index (χ1) is 7.08. The summed E-state index contributed by atoms with van der Waals surface area (Å²) in [5.41, 5.74) is 0. The van der Waals surface area contributed by atoms with E-state index in [9.17, 15) is 8.42 Å². The van der Waals surface area contributed by atoms with E-state index in [0.29, 0.717) is 32.7 Å². The predicted molar refractivity (Wildman–Crippen MR) is 59.6 cm³/mol. The summed E-state index contributed by atoms with van der Waals surface area (Å²) in [6, 6.07) is 0. The van der Waals surface area contributed by atoms with Crippen LogP contribution in [0.3, 0.4) is 0 Å². The minimum Gasteiger partial charge on any atom is -0.385 e. The van der Waals surface area contributed by atoms with Gasteiger partial charge in [-0.2, -0.15) is 4.31 Å². The zero-order valence-corrected chi connectivity index (χ0v) is 10.7. The lowest BCUT2D eigenvalue weighted by Gasteiger charge is -2.20. The van der Waals surface area contributed by atoms with E-state index in [0.717, 1.165) is 0 Å². The van der Waals surface area contributed by atoms with Gasteiger partial charge in [0.2, 0.25) is 10.0 Å². The van der Waals surface area contributed by atoms with Gasteiger partial charge in [-0.1, -0.05) is 0 Å². The van der Waals surface area contributed by atoms with Crippen LogP contribution in [-0.4, -0.2) is 58.5 Å². The number of sulfonamides is 1. The average molecular weight is 260 g/mol. The van der Waals surface area contributed by atoms with Crippen molar-refractivity contribution in [1.82, 2.24) is 4.31 Å². The Morgan fingerprint density at radius 2 is 1.73 bits per heavy atom. The van der Waals surface area contributed by atoms with Gasteiger partial charge in [-0.3, -0.25) is 0 Å². The van der Waals surface area contributed by atoms with Crippen molar-refractivity contribution in [3.05, 3.63) is 0 Å². The third-order valence-electron chi connectivity index (χ3n) is 1.83. The molecule has 0 bridgehead atoms. The Bertz CT molecular complexity index is 245. The number of hydrogen-bond donors (Lipinski definition) is 0. The van der Waals surface area contributed by atoms with Gasteiger partial charge in [0.1, 0.15) is 5.21 Å². The molecular weight excluding hydrogens is 242 g/mol. The van der Waals surface area contributed by atoms with Crippen molar-refractivity contribution in [2.45, 2.75) is 6.42 Å². The largest absolute Gasteiger partial charge is 0.385 e. The van der Waals surface area contributed by atoms with Crippen LogP contribution in [0.15, 0.2) is 0 Å². The van der Waals surface area contributed by atoms with Gasteiger partial charge in [0.05, 0.1) is 6.61 Å². The van der Waals surface area contributed by atoms with Gasteiger partial charge in [-0.05, 0) is 6.42 Å². The molecule has 0 aliphatic heterocycles. The predicted octanol–water partition coefficient (Wildman–Crippen LogP) is 0.497. The number of alkyl halides is 1. The smallest absolute Gasteiger partial charge is 0.228 e. The van der Waals surface area contributed by atoms with Crippen LogP contribution in [0.4, 0.5) is 0 Å². The molecule has 0 aliphatic rings. The van der Waals surface area contributed by atoms with Crippen molar-refractivity contribution in [1.29, 1.82) is 0 Å². The fourth-order valence-corrected chi connectivity index (χ4v) is 2.35. The minimum atomic E-state index is -3.35. The second-order valence-electron chi connectivity index (χ2n) is 2.96. The van der Waals surface area contributed by atoms with Gasteiger partial charge in [0, 0.05) is 33.9 Å². The zero-order chi connectivity index (χ0) is 11.7. The molecule has 0 rings (SSSR count). The van der Waals surface area contributed by atoms with Crippen LogP contribution < -0.4 is 0 Å². The van der Waals surface area contributed by atoms with E-state index in [1.807, 2.05) is 0 Å². The Hall–Kier alpha value is 0.120. The van der Waals surface area contributed by atoms with Crippen molar-refractivity contribution in [2.75, 3.05) is 45.7 Å². The quantitative estimate of drug-likeness (QED) is 0.447. The number of methoxy groups -OCH3 is 2. The molecule has 0 amide bonds. The van der Waals surface area contributed by atoms with Gasteiger partial charge >= 0.3 is 0 Å². The molecule has 92 valence electrons. The van der Waals surface area contributed by atoms with E-state index in [1.54, 1.807) is 7.11 Å². The minimum absolute atomic E-state index is 0.329. The Labute approximate surface area is 96.3 Å². The molecule has 15 heavy (non-hydrogen) atoms. The highest BCUT2D eigenvalue weighted by atomic mass is 35.5. The molecule has 0 heterocycles. The van der Waals surface area contributed by atoms with E-state index >= 15 is 0 Å². The third kappa shape index (κ3) is 6.32. The normalized spacial score (nSPS) is 12.3. The number of ether oxygens (including phenoxy) is 2. The van der Waals surface area contributed by atoms with Gasteiger partial charge < -0.3 is 9.47 Å². The van der Waals surface area contributed by atoms with Crippen molar-refractivity contribution in [3.8, 4) is 0 Å². The number of nitrogens with zero attached hydrogens (tertiary/aromatic N) is 1. The van der Waals surface area contributed by atoms with Crippen LogP contribution >= 0.6 is 11.6 Å². The SMILES string of the molecule is COCCCN(CCOC)S(=O)(=O)CCl. The molecule has 0 atom stereocenters. The summed E-state index contributed by atoms with van der Waals surface area (Å²) < 4.78 is 34.0. The van der Waals surface area contributed by atoms with E-state index in [-0.39, 0.29) is 0 Å². The molecule has 0 unspecified atom stereocenters. The van der Waals surface area contributed by atoms with Crippen LogP contribution in [0.1, 0.15) is 6.42 Å². The summed E-state index contributed by atoms with van der Waals surface area (Å²) in [5, 5.41) is -0.399. The van der Waals surface area contributed by atoms with Gasteiger partial charge in [0.25, 0.3) is 0 Å². The highest BCUT2D eigenvalue weighted by molar-refractivity contribution is 7.90. The summed E-state index contributed by atoms with van der Waals surface area (Å²) in [6.45, 7) is 1.63. The molecule has 0 N–H and O–H groups in total. The topological polar surface area (TPSA) is 55.8 Å². The molecular formula is C8H18ClNO4S. The summed E-state index contributed by atoms with van der Waals surface area (Å²) in [4.78, 5) is 0. The Kier molecular flexibility index (Phi) is 8.36. The number of hydrogen-bond acceptors (Lipinski definition) is 4. The van der Waals surface area contributed by atoms with Gasteiger partial charge in [-0.15, -0.1) is 11.6 Å². The molecule has 5 nitrogen and oxygen atoms in total. The van der Waals surface area contributed by atoms with Crippen molar-refractivity contribution in [3.63, 3.8) is 0 Å². The number of rotatable bonds is 9. The van der Waals surface area contributed by atoms with Crippen LogP contribution in [-0.2, 0) is 19.5 Å². The third-order valence-corrected chi connectivity index (χ3v) is 4.09. The molecule has 0 aromatic carbocycles. The monoisotopic (exact) mass is 259 g/mol. The molecule has 0 saturated heterocycles. The van der Waals surface area contributed by atoms with Crippen molar-refractivity contribution < 1.29 is 17.9 Å². The molecule has 0 fully saturated rings. The highest BCUT2D eigenvalue weighted by Crippen LogP contribution is 2.04. The molecule has 0 spiro atoms. The fourth-order valence-electron chi connectivity index (χ4n) is 1.04. The van der Waals surface area contributed by atoms with E-state index in [1.165, 1.54) is 11.4 Å². The number of halogens is 1. The Morgan fingerprint density at radius 3 is 2.20 bits per heavy atom. The van der Waals surface area contributed by atoms with Crippen LogP contribution in [0.2, 0.25) is 0 Å². The molecule has 7 heteroatoms. The van der Waals surface area contributed by atoms with E-state index in [4.69, 9.17) is 21.1 Å². The summed E-state index contributed by atoms with van der Waals surface area (Å²) >= 11 is 5.38. The second kappa shape index (κ2) is 8.29. The van der Waals surface area contributed by atoms with Crippen molar-refractivity contribution >= 4 is 21.6 Å². The second-order valence-corrected chi connectivity index (χ2v) is 5.51. The molecule has 0 radical (unpaired) electrons. The summed E-state index contributed by atoms with van der Waals surface area (Å²) in [7, 11) is -0.242. The maximum atomic E-state index is 11.5. The lowest BCUT2D eigenvalue weighted by Crippen LogP contribution is -2.35. The average Bonchev–Trinajstić information content (AvgIpc) is 2.23. The van der Waals surface area contributed by atoms with Crippen LogP contribution in [0, 0.1) is 0 Å². The maximum Gasteiger partial charge on any atom is 0.228 e. The van der Waals surface area contributed by atoms with Crippen LogP contribution in [0.25, 0.3) is 0 Å². The molecule has 0 saturated carbocycles. The summed E-state index contributed by atoms with van der Waals surface area (Å²) in [5.74, 6) is 0. The fraction of sp³-hybridized carbons (Fsp3) is 1.00. The zero-order valence-electron chi connectivity index (χ0n) is 9.11. The van der Waals surface area contributed by atoms with Gasteiger partial charge in [-0.25, -0.2) is 8.42 Å². The van der Waals surface area contributed by atoms with Gasteiger partial charge in [0.15, 0.2) is 0 Å². The van der Waals surface area contributed by atoms with E-state index < -0.39 is 15.2 Å². The molecule has 0 aromatic rings. The summed E-state index contributed by atoms with van der Waals surface area (Å²) in [6.07, 6.45) is 0.649. The lowest BCUT2D eigenvalue weighted by molar-refractivity contribution is 0.164. The first-order valence-corrected chi connectivity index (χ1v) is 6.74. The Balaban J connectivity index is 4.18. The van der Waals surface area contributed by atoms with Crippen LogP contribution in [0.5, 0.6) is 0 Å². The first kappa shape index (κ1) is 15.1.